The zero-order valence-corrected chi connectivity index (χ0v) is 41.0. The summed E-state index contributed by atoms with van der Waals surface area (Å²) in [6.07, 6.45) is 3.07. The number of hydroxylamine groups is 1. The predicted molar refractivity (Wildman–Crippen MR) is 243 cm³/mol. The molecule has 62 heavy (non-hydrogen) atoms. The highest BCUT2D eigenvalue weighted by Gasteiger charge is 2.29. The minimum atomic E-state index is -0.807. The van der Waals surface area contributed by atoms with E-state index in [-0.39, 0.29) is 56.7 Å². The summed E-state index contributed by atoms with van der Waals surface area (Å²) in [5.74, 6) is -1.17. The minimum absolute atomic E-state index is 0.00290. The number of rotatable bonds is 34. The Balaban J connectivity index is 5.77. The molecule has 0 aliphatic carbocycles. The van der Waals surface area contributed by atoms with Crippen molar-refractivity contribution in [1.82, 2.24) is 32.1 Å². The number of carbonyl (C=O) groups excluding carboxylic acids is 6. The molecule has 0 heterocycles. The zero-order chi connectivity index (χ0) is 47.0. The first-order valence-electron chi connectivity index (χ1n) is 21.7. The molecule has 6 N–H and O–H groups in total. The van der Waals surface area contributed by atoms with E-state index in [0.29, 0.717) is 57.7 Å². The van der Waals surface area contributed by atoms with Gasteiger partial charge in [-0.15, -0.1) is 0 Å². The van der Waals surface area contributed by atoms with Crippen LogP contribution < -0.4 is 32.1 Å². The molecule has 0 aromatic carbocycles. The lowest BCUT2D eigenvalue weighted by atomic mass is 10.1. The van der Waals surface area contributed by atoms with Crippen LogP contribution in [0.4, 0.5) is 4.79 Å². The second-order valence-corrected chi connectivity index (χ2v) is 20.2. The number of nitrogens with one attached hydrogen (secondary N) is 6. The van der Waals surface area contributed by atoms with Gasteiger partial charge in [0.15, 0.2) is 0 Å². The van der Waals surface area contributed by atoms with Gasteiger partial charge in [-0.2, -0.15) is 0 Å². The predicted octanol–water partition coefficient (Wildman–Crippen LogP) is 4.54. The van der Waals surface area contributed by atoms with E-state index in [9.17, 15) is 28.8 Å². The number of amides is 3. The zero-order valence-electron chi connectivity index (χ0n) is 39.4. The normalized spacial score (nSPS) is 13.3. The number of alkyl carbamates (subject to hydrolysis) is 1. The van der Waals surface area contributed by atoms with Crippen LogP contribution in [0.5, 0.6) is 0 Å². The maximum absolute atomic E-state index is 13.4. The van der Waals surface area contributed by atoms with Crippen LogP contribution in [0.3, 0.4) is 0 Å². The highest BCUT2D eigenvalue weighted by Crippen LogP contribution is 2.22. The molecule has 0 bridgehead atoms. The Morgan fingerprint density at radius 3 is 1.90 bits per heavy atom. The summed E-state index contributed by atoms with van der Waals surface area (Å²) < 4.78 is 27.4. The van der Waals surface area contributed by atoms with Gasteiger partial charge in [0.2, 0.25) is 11.8 Å². The highest BCUT2D eigenvalue weighted by atomic mass is 33.1. The van der Waals surface area contributed by atoms with Crippen molar-refractivity contribution in [2.24, 2.45) is 5.92 Å². The lowest BCUT2D eigenvalue weighted by molar-refractivity contribution is -0.160. The maximum atomic E-state index is 13.4. The Bertz CT molecular complexity index is 1290. The summed E-state index contributed by atoms with van der Waals surface area (Å²) in [6.45, 7) is 20.0. The first-order valence-corrected chi connectivity index (χ1v) is 24.2. The van der Waals surface area contributed by atoms with Crippen molar-refractivity contribution >= 4 is 57.4 Å². The Morgan fingerprint density at radius 2 is 1.26 bits per heavy atom. The van der Waals surface area contributed by atoms with Gasteiger partial charge < -0.3 is 49.8 Å². The van der Waals surface area contributed by atoms with Gasteiger partial charge in [0.25, 0.3) is 0 Å². The number of hydrogen-bond donors (Lipinski definition) is 6. The Kier molecular flexibility index (Phi) is 32.0. The molecule has 0 spiro atoms. The van der Waals surface area contributed by atoms with E-state index in [1.807, 2.05) is 6.92 Å². The van der Waals surface area contributed by atoms with Crippen molar-refractivity contribution in [3.8, 4) is 0 Å². The summed E-state index contributed by atoms with van der Waals surface area (Å²) in [5, 5.41) is 14.9. The SMILES string of the molecule is CCNOCCCSSCCC(=O)NCC(CNC(CCC(NCCCNC(=O)OC(C)(C)C)C(=O)OC(C)(C)C)OCC(=O)NCCCCCC(=O)OC)C(=O)OC(C)(C)C. The highest BCUT2D eigenvalue weighted by molar-refractivity contribution is 8.76. The molecule has 0 radical (unpaired) electrons. The monoisotopic (exact) mass is 925 g/mol. The van der Waals surface area contributed by atoms with Crippen LogP contribution in [-0.4, -0.2) is 136 Å². The van der Waals surface area contributed by atoms with Crippen molar-refractivity contribution in [1.29, 1.82) is 0 Å². The molecule has 0 rings (SSSR count). The summed E-state index contributed by atoms with van der Waals surface area (Å²) in [4.78, 5) is 81.2. The number of hydrogen-bond acceptors (Lipinski definition) is 17. The van der Waals surface area contributed by atoms with Gasteiger partial charge in [0.1, 0.15) is 35.7 Å². The van der Waals surface area contributed by atoms with Gasteiger partial charge in [-0.1, -0.05) is 34.9 Å². The lowest BCUT2D eigenvalue weighted by Crippen LogP contribution is -2.47. The van der Waals surface area contributed by atoms with Crippen molar-refractivity contribution in [3.63, 3.8) is 0 Å². The second kappa shape index (κ2) is 33.6. The molecule has 3 amide bonds. The third-order valence-corrected chi connectivity index (χ3v) is 10.4. The van der Waals surface area contributed by atoms with Gasteiger partial charge in [0, 0.05) is 57.1 Å². The summed E-state index contributed by atoms with van der Waals surface area (Å²) in [6, 6.07) is -0.772. The maximum Gasteiger partial charge on any atom is 0.407 e. The number of ether oxygens (including phenoxy) is 5. The van der Waals surface area contributed by atoms with E-state index in [2.05, 4.69) is 36.8 Å². The van der Waals surface area contributed by atoms with Crippen LogP contribution in [0.2, 0.25) is 0 Å². The number of methoxy groups -OCH3 is 1. The Hall–Kier alpha value is -2.88. The van der Waals surface area contributed by atoms with E-state index in [4.69, 9.17) is 23.8 Å². The average molecular weight is 925 g/mol. The molecule has 0 aromatic rings. The third-order valence-electron chi connectivity index (χ3n) is 7.94. The van der Waals surface area contributed by atoms with Crippen LogP contribution in [0.15, 0.2) is 0 Å². The van der Waals surface area contributed by atoms with Crippen molar-refractivity contribution in [3.05, 3.63) is 0 Å². The second-order valence-electron chi connectivity index (χ2n) is 17.5. The molecule has 0 fully saturated rings. The molecular formula is C42H80N6O12S2. The first-order chi connectivity index (χ1) is 29.0. The molecule has 0 aromatic heterocycles. The molecule has 18 nitrogen and oxygen atoms in total. The van der Waals surface area contributed by atoms with Crippen molar-refractivity contribution in [2.75, 3.05) is 71.1 Å². The third kappa shape index (κ3) is 36.6. The molecule has 0 saturated carbocycles. The lowest BCUT2D eigenvalue weighted by Gasteiger charge is -2.28. The Labute approximate surface area is 378 Å². The average Bonchev–Trinajstić information content (AvgIpc) is 3.15. The minimum Gasteiger partial charge on any atom is -0.469 e. The first kappa shape index (κ1) is 59.1. The molecule has 3 unspecified atom stereocenters. The van der Waals surface area contributed by atoms with Gasteiger partial charge in [0.05, 0.1) is 19.6 Å². The fourth-order valence-electron chi connectivity index (χ4n) is 5.08. The summed E-state index contributed by atoms with van der Waals surface area (Å²) in [7, 11) is 4.61. The largest absolute Gasteiger partial charge is 0.469 e. The van der Waals surface area contributed by atoms with Crippen LogP contribution >= 0.6 is 21.6 Å². The van der Waals surface area contributed by atoms with Gasteiger partial charge >= 0.3 is 24.0 Å². The Morgan fingerprint density at radius 1 is 0.613 bits per heavy atom. The van der Waals surface area contributed by atoms with Crippen LogP contribution in [0.25, 0.3) is 0 Å². The van der Waals surface area contributed by atoms with Gasteiger partial charge in [-0.05, 0) is 107 Å². The molecule has 20 heteroatoms. The number of carbonyl (C=O) groups is 6. The molecule has 0 aliphatic rings. The molecular weight excluding hydrogens is 845 g/mol. The van der Waals surface area contributed by atoms with Crippen LogP contribution in [0.1, 0.15) is 127 Å². The molecule has 362 valence electrons. The van der Waals surface area contributed by atoms with Crippen molar-refractivity contribution < 1.29 is 57.3 Å². The quantitative estimate of drug-likeness (QED) is 0.0130. The molecule has 0 saturated heterocycles. The van der Waals surface area contributed by atoms with Crippen LogP contribution in [0, 0.1) is 5.92 Å². The van der Waals surface area contributed by atoms with E-state index in [0.717, 1.165) is 25.1 Å². The van der Waals surface area contributed by atoms with E-state index in [1.165, 1.54) is 7.11 Å². The summed E-state index contributed by atoms with van der Waals surface area (Å²) in [5.41, 5.74) is 0.639. The number of unbranched alkanes of at least 4 members (excludes halogenated alkanes) is 2. The topological polar surface area (TPSA) is 230 Å². The van der Waals surface area contributed by atoms with Gasteiger partial charge in [-0.25, -0.2) is 10.3 Å². The summed E-state index contributed by atoms with van der Waals surface area (Å²) >= 11 is 0. The molecule has 0 aliphatic heterocycles. The van der Waals surface area contributed by atoms with E-state index in [1.54, 1.807) is 83.9 Å². The molecule has 3 atom stereocenters. The van der Waals surface area contributed by atoms with E-state index >= 15 is 0 Å². The van der Waals surface area contributed by atoms with Crippen LogP contribution in [-0.2, 0) is 52.5 Å². The van der Waals surface area contributed by atoms with E-state index < -0.39 is 53.0 Å². The standard InChI is InChI=1S/C42H80N6O12S2/c1-12-48-57-25-17-26-61-62-27-21-33(49)46-28-31(37(52)58-40(2,3)4)29-47-35(56-30-34(50)44-22-15-13-14-18-36(51)55-11)20-19-32(38(53)59-41(5,6)7)43-23-16-24-45-39(54)60-42(8,9)10/h31-32,35,43,47-48H,12-30H2,1-11H3,(H,44,50)(H,45,54)(H,46,49). The number of esters is 3. The van der Waals surface area contributed by atoms with Gasteiger partial charge in [-0.3, -0.25) is 29.3 Å². The smallest absolute Gasteiger partial charge is 0.407 e. The fourth-order valence-corrected chi connectivity index (χ4v) is 7.13. The van der Waals surface area contributed by atoms with Crippen molar-refractivity contribution in [2.45, 2.75) is 156 Å². The fraction of sp³-hybridized carbons (Fsp3) is 0.857.